The second-order valence-electron chi connectivity index (χ2n) is 5.37. The smallest absolute Gasteiger partial charge is 0.190 e. The first-order valence-electron chi connectivity index (χ1n) is 7.31. The summed E-state index contributed by atoms with van der Waals surface area (Å²) in [5, 5.41) is 6.22. The Morgan fingerprint density at radius 1 is 1.40 bits per heavy atom. The van der Waals surface area contributed by atoms with E-state index in [0.29, 0.717) is 0 Å². The Morgan fingerprint density at radius 2 is 2.15 bits per heavy atom. The summed E-state index contributed by atoms with van der Waals surface area (Å²) in [5.74, 6) is 2.74. The molecule has 5 heteroatoms. The fourth-order valence-corrected chi connectivity index (χ4v) is 2.41. The van der Waals surface area contributed by atoms with E-state index in [1.807, 2.05) is 13.2 Å². The van der Waals surface area contributed by atoms with Gasteiger partial charge in [-0.1, -0.05) is 13.0 Å². The van der Waals surface area contributed by atoms with Gasteiger partial charge in [-0.2, -0.15) is 0 Å². The Balaban J connectivity index is 1.89. The van der Waals surface area contributed by atoms with Gasteiger partial charge in [0.1, 0.15) is 5.82 Å². The molecule has 0 saturated carbocycles. The largest absolute Gasteiger partial charge is 0.359 e. The summed E-state index contributed by atoms with van der Waals surface area (Å²) in [5.41, 5.74) is 1.16. The molecule has 0 amide bonds. The fourth-order valence-electron chi connectivity index (χ4n) is 2.41. The van der Waals surface area contributed by atoms with Crippen LogP contribution >= 0.6 is 0 Å². The van der Waals surface area contributed by atoms with Crippen molar-refractivity contribution in [1.29, 1.82) is 0 Å². The van der Waals surface area contributed by atoms with Crippen LogP contribution in [-0.4, -0.2) is 38.1 Å². The van der Waals surface area contributed by atoms with Gasteiger partial charge in [-0.05, 0) is 30.4 Å². The highest BCUT2D eigenvalue weighted by Crippen LogP contribution is 2.21. The van der Waals surface area contributed by atoms with Gasteiger partial charge >= 0.3 is 0 Å². The zero-order chi connectivity index (χ0) is 14.4. The van der Waals surface area contributed by atoms with E-state index in [-0.39, 0.29) is 0 Å². The van der Waals surface area contributed by atoms with Crippen molar-refractivity contribution in [2.75, 3.05) is 32.1 Å². The zero-order valence-electron chi connectivity index (χ0n) is 12.7. The summed E-state index contributed by atoms with van der Waals surface area (Å²) in [4.78, 5) is 11.0. The van der Waals surface area contributed by atoms with Crippen molar-refractivity contribution < 1.29 is 0 Å². The first-order valence-corrected chi connectivity index (χ1v) is 7.31. The van der Waals surface area contributed by atoms with Crippen LogP contribution < -0.4 is 15.5 Å². The van der Waals surface area contributed by atoms with E-state index in [9.17, 15) is 0 Å². The van der Waals surface area contributed by atoms with Crippen LogP contribution in [0.15, 0.2) is 23.3 Å². The number of hydrogen-bond donors (Lipinski definition) is 2. The summed E-state index contributed by atoms with van der Waals surface area (Å²) in [6, 6.07) is 4.26. The SMILES string of the molecule is CN=C(NC)NCc1ccc(N2CCC(C)CC2)nc1. The lowest BCUT2D eigenvalue weighted by molar-refractivity contribution is 0.436. The van der Waals surface area contributed by atoms with Gasteiger partial charge in [-0.3, -0.25) is 4.99 Å². The standard InChI is InChI=1S/C15H25N5/c1-12-6-8-20(9-7-12)14-5-4-13(10-18-14)11-19-15(16-2)17-3/h4-5,10,12H,6-9,11H2,1-3H3,(H2,16,17,19). The van der Waals surface area contributed by atoms with Crippen molar-refractivity contribution in [3.8, 4) is 0 Å². The molecule has 0 radical (unpaired) electrons. The predicted molar refractivity (Wildman–Crippen MR) is 84.1 cm³/mol. The van der Waals surface area contributed by atoms with Crippen molar-refractivity contribution >= 4 is 11.8 Å². The minimum atomic E-state index is 0.734. The Kier molecular flexibility index (Phi) is 5.21. The molecule has 5 nitrogen and oxygen atoms in total. The first kappa shape index (κ1) is 14.6. The van der Waals surface area contributed by atoms with E-state index in [0.717, 1.165) is 42.9 Å². The Bertz CT molecular complexity index is 432. The van der Waals surface area contributed by atoms with Gasteiger partial charge in [0, 0.05) is 39.9 Å². The Hall–Kier alpha value is -1.78. The van der Waals surface area contributed by atoms with Gasteiger partial charge in [0.25, 0.3) is 0 Å². The average molecular weight is 275 g/mol. The highest BCUT2D eigenvalue weighted by atomic mass is 15.2. The second-order valence-corrected chi connectivity index (χ2v) is 5.37. The molecule has 1 aliphatic heterocycles. The van der Waals surface area contributed by atoms with Crippen molar-refractivity contribution in [1.82, 2.24) is 15.6 Å². The molecule has 1 aromatic heterocycles. The van der Waals surface area contributed by atoms with Crippen LogP contribution in [0.5, 0.6) is 0 Å². The number of pyridine rings is 1. The molecule has 0 unspecified atom stereocenters. The molecule has 2 N–H and O–H groups in total. The molecule has 20 heavy (non-hydrogen) atoms. The molecule has 1 aromatic rings. The lowest BCUT2D eigenvalue weighted by atomic mass is 9.99. The lowest BCUT2D eigenvalue weighted by Crippen LogP contribution is -2.34. The van der Waals surface area contributed by atoms with Gasteiger partial charge in [0.05, 0.1) is 0 Å². The molecule has 110 valence electrons. The van der Waals surface area contributed by atoms with Gasteiger partial charge in [-0.15, -0.1) is 0 Å². The molecule has 0 spiro atoms. The normalized spacial score (nSPS) is 17.1. The molecule has 1 saturated heterocycles. The maximum Gasteiger partial charge on any atom is 0.190 e. The summed E-state index contributed by atoms with van der Waals surface area (Å²) in [6.07, 6.45) is 4.48. The molecular formula is C15H25N5. The number of aliphatic imine (C=N–C) groups is 1. The topological polar surface area (TPSA) is 52.6 Å². The molecule has 1 aliphatic rings. The molecule has 0 bridgehead atoms. The molecule has 1 fully saturated rings. The number of hydrogen-bond acceptors (Lipinski definition) is 3. The monoisotopic (exact) mass is 275 g/mol. The van der Waals surface area contributed by atoms with Crippen molar-refractivity contribution in [2.45, 2.75) is 26.3 Å². The van der Waals surface area contributed by atoms with Crippen molar-refractivity contribution in [2.24, 2.45) is 10.9 Å². The number of rotatable bonds is 3. The number of anilines is 1. The molecule has 2 heterocycles. The maximum absolute atomic E-state index is 4.58. The van der Waals surface area contributed by atoms with Crippen molar-refractivity contribution in [3.05, 3.63) is 23.9 Å². The van der Waals surface area contributed by atoms with Crippen LogP contribution in [0.25, 0.3) is 0 Å². The van der Waals surface area contributed by atoms with Crippen LogP contribution in [0.3, 0.4) is 0 Å². The van der Waals surface area contributed by atoms with Gasteiger partial charge < -0.3 is 15.5 Å². The van der Waals surface area contributed by atoms with Crippen molar-refractivity contribution in [3.63, 3.8) is 0 Å². The highest BCUT2D eigenvalue weighted by Gasteiger charge is 2.16. The summed E-state index contributed by atoms with van der Waals surface area (Å²) in [6.45, 7) is 5.31. The number of aromatic nitrogens is 1. The van der Waals surface area contributed by atoms with Gasteiger partial charge in [-0.25, -0.2) is 4.98 Å². The van der Waals surface area contributed by atoms with Crippen LogP contribution in [0.2, 0.25) is 0 Å². The minimum absolute atomic E-state index is 0.734. The third-order valence-corrected chi connectivity index (χ3v) is 3.84. The van der Waals surface area contributed by atoms with Crippen LogP contribution in [-0.2, 0) is 6.54 Å². The van der Waals surface area contributed by atoms with E-state index in [1.165, 1.54) is 12.8 Å². The number of guanidine groups is 1. The molecule has 2 rings (SSSR count). The maximum atomic E-state index is 4.58. The second kappa shape index (κ2) is 7.12. The zero-order valence-corrected chi connectivity index (χ0v) is 12.7. The Labute approximate surface area is 121 Å². The van der Waals surface area contributed by atoms with Gasteiger partial charge in [0.2, 0.25) is 0 Å². The minimum Gasteiger partial charge on any atom is -0.359 e. The molecule has 0 atom stereocenters. The summed E-state index contributed by atoms with van der Waals surface area (Å²) in [7, 11) is 3.62. The van der Waals surface area contributed by atoms with Crippen LogP contribution in [0.1, 0.15) is 25.3 Å². The van der Waals surface area contributed by atoms with Gasteiger partial charge in [0.15, 0.2) is 5.96 Å². The van der Waals surface area contributed by atoms with E-state index >= 15 is 0 Å². The summed E-state index contributed by atoms with van der Waals surface area (Å²) < 4.78 is 0. The number of nitrogens with one attached hydrogen (secondary N) is 2. The van der Waals surface area contributed by atoms with Crippen LogP contribution in [0.4, 0.5) is 5.82 Å². The van der Waals surface area contributed by atoms with E-state index in [4.69, 9.17) is 0 Å². The molecule has 0 aromatic carbocycles. The molecule has 0 aliphatic carbocycles. The quantitative estimate of drug-likeness (QED) is 0.650. The first-order chi connectivity index (χ1) is 9.72. The third kappa shape index (κ3) is 3.85. The predicted octanol–water partition coefficient (Wildman–Crippen LogP) is 1.61. The fraction of sp³-hybridized carbons (Fsp3) is 0.600. The van der Waals surface area contributed by atoms with Crippen LogP contribution in [0, 0.1) is 5.92 Å². The number of piperidine rings is 1. The van der Waals surface area contributed by atoms with E-state index in [1.54, 1.807) is 7.05 Å². The highest BCUT2D eigenvalue weighted by molar-refractivity contribution is 5.79. The average Bonchev–Trinajstić information content (AvgIpc) is 2.50. The van der Waals surface area contributed by atoms with E-state index in [2.05, 4.69) is 44.6 Å². The summed E-state index contributed by atoms with van der Waals surface area (Å²) >= 11 is 0. The third-order valence-electron chi connectivity index (χ3n) is 3.84. The lowest BCUT2D eigenvalue weighted by Gasteiger charge is -2.31. The number of nitrogens with zero attached hydrogens (tertiary/aromatic N) is 3. The molecular weight excluding hydrogens is 250 g/mol. The van der Waals surface area contributed by atoms with E-state index < -0.39 is 0 Å². The Morgan fingerprint density at radius 3 is 2.70 bits per heavy atom.